The number of rotatable bonds is 5. The molecule has 1 N–H and O–H groups in total. The highest BCUT2D eigenvalue weighted by Crippen LogP contribution is 2.39. The summed E-state index contributed by atoms with van der Waals surface area (Å²) in [4.78, 5) is 25.0. The van der Waals surface area contributed by atoms with E-state index in [-0.39, 0.29) is 21.7 Å². The van der Waals surface area contributed by atoms with Crippen molar-refractivity contribution in [2.24, 2.45) is 0 Å². The first-order valence-corrected chi connectivity index (χ1v) is 10.3. The van der Waals surface area contributed by atoms with E-state index in [1.807, 2.05) is 29.5 Å². The van der Waals surface area contributed by atoms with Gasteiger partial charge in [-0.15, -0.1) is 0 Å². The number of carbonyl (C=O) groups excluding carboxylic acids is 1. The third kappa shape index (κ3) is 4.13. The standard InChI is InChI=1S/C18H13IN2O5S2/c1-2-26-14-7-10(6-13(19)16(14)22)8-15-17(23)20(18(27)28-15)11-4-3-5-12(9-11)21(24)25/h3-9,22H,2H2,1H3/b15-8-. The molecule has 1 heterocycles. The molecule has 3 rings (SSSR count). The zero-order valence-corrected chi connectivity index (χ0v) is 18.2. The SMILES string of the molecule is CCOc1cc(/C=C2\SC(=S)N(c3cccc([N+](=O)[O-])c3)C2=O)cc(I)c1O. The largest absolute Gasteiger partial charge is 0.504 e. The molecule has 0 aromatic heterocycles. The Morgan fingerprint density at radius 1 is 1.39 bits per heavy atom. The van der Waals surface area contributed by atoms with Crippen molar-refractivity contribution in [3.8, 4) is 11.5 Å². The number of anilines is 1. The summed E-state index contributed by atoms with van der Waals surface area (Å²) < 4.78 is 6.30. The molecule has 1 amide bonds. The van der Waals surface area contributed by atoms with Gasteiger partial charge in [-0.25, -0.2) is 0 Å². The number of ether oxygens (including phenoxy) is 1. The van der Waals surface area contributed by atoms with Gasteiger partial charge in [-0.2, -0.15) is 0 Å². The van der Waals surface area contributed by atoms with Crippen LogP contribution in [0.1, 0.15) is 12.5 Å². The molecule has 0 spiro atoms. The maximum atomic E-state index is 12.9. The Labute approximate surface area is 183 Å². The van der Waals surface area contributed by atoms with Crippen molar-refractivity contribution in [3.63, 3.8) is 0 Å². The van der Waals surface area contributed by atoms with Gasteiger partial charge in [0.2, 0.25) is 0 Å². The number of thioether (sulfide) groups is 1. The summed E-state index contributed by atoms with van der Waals surface area (Å²) in [6, 6.07) is 9.12. The maximum Gasteiger partial charge on any atom is 0.271 e. The van der Waals surface area contributed by atoms with Crippen LogP contribution in [0.15, 0.2) is 41.3 Å². The van der Waals surface area contributed by atoms with Crippen molar-refractivity contribution in [1.29, 1.82) is 0 Å². The van der Waals surface area contributed by atoms with E-state index in [0.717, 1.165) is 11.8 Å². The highest BCUT2D eigenvalue weighted by Gasteiger charge is 2.34. The van der Waals surface area contributed by atoms with Gasteiger partial charge in [0.1, 0.15) is 0 Å². The molecule has 7 nitrogen and oxygen atoms in total. The number of benzene rings is 2. The van der Waals surface area contributed by atoms with E-state index >= 15 is 0 Å². The topological polar surface area (TPSA) is 92.9 Å². The quantitative estimate of drug-likeness (QED) is 0.198. The van der Waals surface area contributed by atoms with Crippen LogP contribution in [0.25, 0.3) is 6.08 Å². The Morgan fingerprint density at radius 3 is 2.82 bits per heavy atom. The molecule has 0 saturated carbocycles. The summed E-state index contributed by atoms with van der Waals surface area (Å²) in [5, 5.41) is 21.1. The molecule has 10 heteroatoms. The van der Waals surface area contributed by atoms with Crippen LogP contribution in [0.3, 0.4) is 0 Å². The Morgan fingerprint density at radius 2 is 2.14 bits per heavy atom. The van der Waals surface area contributed by atoms with Crippen LogP contribution in [0, 0.1) is 13.7 Å². The molecule has 0 unspecified atom stereocenters. The van der Waals surface area contributed by atoms with Crippen LogP contribution < -0.4 is 9.64 Å². The number of nitrogens with zero attached hydrogens (tertiary/aromatic N) is 2. The van der Waals surface area contributed by atoms with Crippen LogP contribution in [0.4, 0.5) is 11.4 Å². The monoisotopic (exact) mass is 528 g/mol. The Balaban J connectivity index is 1.96. The summed E-state index contributed by atoms with van der Waals surface area (Å²) in [6.07, 6.45) is 1.65. The third-order valence-corrected chi connectivity index (χ3v) is 5.87. The van der Waals surface area contributed by atoms with Gasteiger partial charge in [0.05, 0.1) is 25.7 Å². The minimum atomic E-state index is -0.523. The first-order chi connectivity index (χ1) is 13.3. The number of thiocarbonyl (C=S) groups is 1. The molecule has 144 valence electrons. The summed E-state index contributed by atoms with van der Waals surface area (Å²) in [5.74, 6) is 0.00935. The normalized spacial score (nSPS) is 15.4. The second-order valence-electron chi connectivity index (χ2n) is 5.58. The van der Waals surface area contributed by atoms with E-state index < -0.39 is 4.92 Å². The molecule has 1 aliphatic rings. The van der Waals surface area contributed by atoms with Crippen molar-refractivity contribution >= 4 is 74.2 Å². The average molecular weight is 528 g/mol. The van der Waals surface area contributed by atoms with Gasteiger partial charge < -0.3 is 9.84 Å². The molecule has 28 heavy (non-hydrogen) atoms. The first-order valence-electron chi connectivity index (χ1n) is 7.99. The molecule has 1 aliphatic heterocycles. The lowest BCUT2D eigenvalue weighted by Crippen LogP contribution is -2.27. The second kappa shape index (κ2) is 8.45. The van der Waals surface area contributed by atoms with Gasteiger partial charge in [0.25, 0.3) is 11.6 Å². The van der Waals surface area contributed by atoms with Gasteiger partial charge >= 0.3 is 0 Å². The fourth-order valence-electron chi connectivity index (χ4n) is 2.53. The summed E-state index contributed by atoms with van der Waals surface area (Å²) >= 11 is 8.40. The van der Waals surface area contributed by atoms with Crippen molar-refractivity contribution in [2.45, 2.75) is 6.92 Å². The van der Waals surface area contributed by atoms with Crippen LogP contribution in [0.2, 0.25) is 0 Å². The van der Waals surface area contributed by atoms with E-state index in [2.05, 4.69) is 0 Å². The van der Waals surface area contributed by atoms with Crippen LogP contribution in [0.5, 0.6) is 11.5 Å². The molecule has 2 aromatic carbocycles. The Hall–Kier alpha value is -2.18. The lowest BCUT2D eigenvalue weighted by molar-refractivity contribution is -0.384. The highest BCUT2D eigenvalue weighted by molar-refractivity contribution is 14.1. The molecular formula is C18H13IN2O5S2. The number of phenolic OH excluding ortho intramolecular Hbond substituents is 1. The van der Waals surface area contributed by atoms with E-state index in [4.69, 9.17) is 17.0 Å². The summed E-state index contributed by atoms with van der Waals surface area (Å²) in [6.45, 7) is 2.20. The fourth-order valence-corrected chi connectivity index (χ4v) is 4.45. The molecule has 0 atom stereocenters. The molecule has 0 aliphatic carbocycles. The van der Waals surface area contributed by atoms with Crippen LogP contribution >= 0.6 is 46.6 Å². The fraction of sp³-hybridized carbons (Fsp3) is 0.111. The molecule has 0 bridgehead atoms. The smallest absolute Gasteiger partial charge is 0.271 e. The van der Waals surface area contributed by atoms with Crippen molar-refractivity contribution in [2.75, 3.05) is 11.5 Å². The predicted octanol–water partition coefficient (Wildman–Crippen LogP) is 4.71. The minimum absolute atomic E-state index is 0.0451. The first kappa shape index (κ1) is 20.6. The van der Waals surface area contributed by atoms with Gasteiger partial charge in [0.15, 0.2) is 15.8 Å². The predicted molar refractivity (Wildman–Crippen MR) is 121 cm³/mol. The van der Waals surface area contributed by atoms with Gasteiger partial charge in [-0.3, -0.25) is 19.8 Å². The number of nitro benzene ring substituents is 1. The zero-order valence-electron chi connectivity index (χ0n) is 14.4. The number of non-ortho nitro benzene ring substituents is 1. The zero-order chi connectivity index (χ0) is 20.4. The average Bonchev–Trinajstić information content (AvgIpc) is 2.93. The maximum absolute atomic E-state index is 12.9. The minimum Gasteiger partial charge on any atom is -0.504 e. The van der Waals surface area contributed by atoms with Gasteiger partial charge in [-0.05, 0) is 59.4 Å². The summed E-state index contributed by atoms with van der Waals surface area (Å²) in [7, 11) is 0. The number of amides is 1. The molecule has 0 radical (unpaired) electrons. The van der Waals surface area contributed by atoms with Crippen molar-refractivity contribution in [1.82, 2.24) is 0 Å². The number of phenols is 1. The van der Waals surface area contributed by atoms with Crippen LogP contribution in [-0.2, 0) is 4.79 Å². The van der Waals surface area contributed by atoms with E-state index in [0.29, 0.717) is 32.1 Å². The van der Waals surface area contributed by atoms with Crippen molar-refractivity contribution < 1.29 is 19.6 Å². The van der Waals surface area contributed by atoms with E-state index in [1.54, 1.807) is 24.3 Å². The van der Waals surface area contributed by atoms with Gasteiger partial charge in [0, 0.05) is 12.1 Å². The lowest BCUT2D eigenvalue weighted by Gasteiger charge is -2.14. The number of hydrogen-bond acceptors (Lipinski definition) is 7. The second-order valence-corrected chi connectivity index (χ2v) is 8.41. The lowest BCUT2D eigenvalue weighted by atomic mass is 10.2. The van der Waals surface area contributed by atoms with E-state index in [9.17, 15) is 20.0 Å². The summed E-state index contributed by atoms with van der Waals surface area (Å²) in [5.41, 5.74) is 0.894. The Bertz CT molecular complexity index is 1030. The highest BCUT2D eigenvalue weighted by atomic mass is 127. The molecule has 2 aromatic rings. The Kier molecular flexibility index (Phi) is 6.20. The number of aromatic hydroxyl groups is 1. The van der Waals surface area contributed by atoms with Gasteiger partial charge in [-0.1, -0.05) is 30.0 Å². The number of halogens is 1. The molecule has 1 fully saturated rings. The van der Waals surface area contributed by atoms with Crippen LogP contribution in [-0.4, -0.2) is 26.9 Å². The molecular weight excluding hydrogens is 515 g/mol. The van der Waals surface area contributed by atoms with Crippen molar-refractivity contribution in [3.05, 3.63) is 60.6 Å². The van der Waals surface area contributed by atoms with E-state index in [1.165, 1.54) is 23.1 Å². The number of carbonyl (C=O) groups is 1. The molecule has 1 saturated heterocycles. The third-order valence-electron chi connectivity index (χ3n) is 3.74. The number of nitro groups is 1. The number of hydrogen-bond donors (Lipinski definition) is 1.